The molecule has 5 nitrogen and oxygen atoms in total. The molecule has 1 amide bonds. The number of aromatic nitrogens is 1. The van der Waals surface area contributed by atoms with Crippen molar-refractivity contribution >= 4 is 17.2 Å². The maximum atomic E-state index is 12.1. The van der Waals surface area contributed by atoms with Crippen LogP contribution in [-0.2, 0) is 11.3 Å². The SMILES string of the molecule is CN(C)C1CCN(CC(=O)NCc2nc(-c3ccccc3)cs2)C1. The molecular weight excluding hydrogens is 320 g/mol. The Bertz CT molecular complexity index is 671. The Labute approximate surface area is 147 Å². The van der Waals surface area contributed by atoms with E-state index in [4.69, 9.17) is 0 Å². The molecule has 0 radical (unpaired) electrons. The minimum absolute atomic E-state index is 0.0749. The van der Waals surface area contributed by atoms with Crippen molar-refractivity contribution in [2.75, 3.05) is 33.7 Å². The van der Waals surface area contributed by atoms with Gasteiger partial charge in [0.05, 0.1) is 18.8 Å². The van der Waals surface area contributed by atoms with Crippen LogP contribution in [-0.4, -0.2) is 60.5 Å². The van der Waals surface area contributed by atoms with Crippen molar-refractivity contribution in [1.82, 2.24) is 20.1 Å². The van der Waals surface area contributed by atoms with Crippen LogP contribution in [0.3, 0.4) is 0 Å². The summed E-state index contributed by atoms with van der Waals surface area (Å²) < 4.78 is 0. The Kier molecular flexibility index (Phi) is 5.60. The van der Waals surface area contributed by atoms with E-state index in [1.165, 1.54) is 0 Å². The van der Waals surface area contributed by atoms with Crippen LogP contribution in [0.4, 0.5) is 0 Å². The first-order valence-electron chi connectivity index (χ1n) is 8.27. The minimum Gasteiger partial charge on any atom is -0.348 e. The lowest BCUT2D eigenvalue weighted by molar-refractivity contribution is -0.122. The molecule has 2 aromatic rings. The molecule has 24 heavy (non-hydrogen) atoms. The average molecular weight is 344 g/mol. The lowest BCUT2D eigenvalue weighted by Gasteiger charge is -2.19. The fourth-order valence-corrected chi connectivity index (χ4v) is 3.69. The minimum atomic E-state index is 0.0749. The van der Waals surface area contributed by atoms with E-state index >= 15 is 0 Å². The highest BCUT2D eigenvalue weighted by molar-refractivity contribution is 7.09. The average Bonchev–Trinajstić information content (AvgIpc) is 3.23. The molecule has 1 N–H and O–H groups in total. The molecule has 1 aliphatic rings. The van der Waals surface area contributed by atoms with Gasteiger partial charge in [0.15, 0.2) is 0 Å². The van der Waals surface area contributed by atoms with Gasteiger partial charge in [-0.15, -0.1) is 11.3 Å². The zero-order valence-electron chi connectivity index (χ0n) is 14.2. The molecule has 0 aliphatic carbocycles. The summed E-state index contributed by atoms with van der Waals surface area (Å²) >= 11 is 1.59. The number of nitrogens with zero attached hydrogens (tertiary/aromatic N) is 3. The first kappa shape index (κ1) is 17.1. The zero-order chi connectivity index (χ0) is 16.9. The van der Waals surface area contributed by atoms with Crippen LogP contribution in [0.15, 0.2) is 35.7 Å². The molecule has 6 heteroatoms. The lowest BCUT2D eigenvalue weighted by atomic mass is 10.2. The van der Waals surface area contributed by atoms with Crippen LogP contribution in [0.25, 0.3) is 11.3 Å². The summed E-state index contributed by atoms with van der Waals surface area (Å²) in [4.78, 5) is 21.2. The Hall–Kier alpha value is -1.76. The molecule has 1 aromatic heterocycles. The Morgan fingerprint density at radius 2 is 2.17 bits per heavy atom. The first-order chi connectivity index (χ1) is 11.6. The molecule has 0 saturated carbocycles. The molecule has 1 fully saturated rings. The van der Waals surface area contributed by atoms with Crippen molar-refractivity contribution in [1.29, 1.82) is 0 Å². The van der Waals surface area contributed by atoms with Crippen molar-refractivity contribution in [3.05, 3.63) is 40.7 Å². The van der Waals surface area contributed by atoms with E-state index in [0.717, 1.165) is 35.8 Å². The Morgan fingerprint density at radius 1 is 1.38 bits per heavy atom. The topological polar surface area (TPSA) is 48.5 Å². The van der Waals surface area contributed by atoms with Crippen molar-refractivity contribution < 1.29 is 4.79 Å². The normalized spacial score (nSPS) is 18.2. The molecule has 0 bridgehead atoms. The van der Waals surface area contributed by atoms with E-state index in [1.54, 1.807) is 11.3 Å². The van der Waals surface area contributed by atoms with Crippen LogP contribution < -0.4 is 5.32 Å². The van der Waals surface area contributed by atoms with Gasteiger partial charge in [-0.1, -0.05) is 30.3 Å². The maximum absolute atomic E-state index is 12.1. The smallest absolute Gasteiger partial charge is 0.234 e. The van der Waals surface area contributed by atoms with Gasteiger partial charge >= 0.3 is 0 Å². The van der Waals surface area contributed by atoms with Crippen LogP contribution >= 0.6 is 11.3 Å². The number of nitrogens with one attached hydrogen (secondary N) is 1. The molecule has 1 aromatic carbocycles. The van der Waals surface area contributed by atoms with Gasteiger partial charge in [0.2, 0.25) is 5.91 Å². The van der Waals surface area contributed by atoms with Gasteiger partial charge in [-0.2, -0.15) is 0 Å². The molecule has 128 valence electrons. The molecule has 1 atom stereocenters. The maximum Gasteiger partial charge on any atom is 0.234 e. The standard InChI is InChI=1S/C18H24N4OS/c1-21(2)15-8-9-22(11-15)12-17(23)19-10-18-20-16(13-24-18)14-6-4-3-5-7-14/h3-7,13,15H,8-12H2,1-2H3,(H,19,23). The summed E-state index contributed by atoms with van der Waals surface area (Å²) in [6.45, 7) is 2.93. The molecule has 1 unspecified atom stereocenters. The van der Waals surface area contributed by atoms with Gasteiger partial charge in [-0.3, -0.25) is 9.69 Å². The number of rotatable bonds is 6. The first-order valence-corrected chi connectivity index (χ1v) is 9.15. The van der Waals surface area contributed by atoms with Crippen molar-refractivity contribution in [2.45, 2.75) is 19.0 Å². The summed E-state index contributed by atoms with van der Waals surface area (Å²) in [5.41, 5.74) is 2.08. The predicted octanol–water partition coefficient (Wildman–Crippen LogP) is 2.06. The highest BCUT2D eigenvalue weighted by Crippen LogP contribution is 2.21. The third-order valence-corrected chi connectivity index (χ3v) is 5.25. The number of carbonyl (C=O) groups is 1. The largest absolute Gasteiger partial charge is 0.348 e. The second kappa shape index (κ2) is 7.88. The molecule has 1 saturated heterocycles. The number of thiazole rings is 1. The van der Waals surface area contributed by atoms with E-state index < -0.39 is 0 Å². The zero-order valence-corrected chi connectivity index (χ0v) is 15.1. The number of hydrogen-bond acceptors (Lipinski definition) is 5. The van der Waals surface area contributed by atoms with Crippen LogP contribution in [0.1, 0.15) is 11.4 Å². The Morgan fingerprint density at radius 3 is 2.88 bits per heavy atom. The Balaban J connectivity index is 1.46. The molecule has 0 spiro atoms. The highest BCUT2D eigenvalue weighted by atomic mass is 32.1. The van der Waals surface area contributed by atoms with Gasteiger partial charge in [-0.05, 0) is 20.5 Å². The van der Waals surface area contributed by atoms with Crippen LogP contribution in [0.2, 0.25) is 0 Å². The van der Waals surface area contributed by atoms with Crippen LogP contribution in [0, 0.1) is 0 Å². The predicted molar refractivity (Wildman–Crippen MR) is 97.9 cm³/mol. The van der Waals surface area contributed by atoms with E-state index in [9.17, 15) is 4.79 Å². The second-order valence-electron chi connectivity index (χ2n) is 6.41. The lowest BCUT2D eigenvalue weighted by Crippen LogP contribution is -2.38. The quantitative estimate of drug-likeness (QED) is 0.871. The van der Waals surface area contributed by atoms with E-state index in [2.05, 4.69) is 34.2 Å². The second-order valence-corrected chi connectivity index (χ2v) is 7.35. The van der Waals surface area contributed by atoms with Gasteiger partial charge < -0.3 is 10.2 Å². The fraction of sp³-hybridized carbons (Fsp3) is 0.444. The summed E-state index contributed by atoms with van der Waals surface area (Å²) in [6, 6.07) is 10.7. The highest BCUT2D eigenvalue weighted by Gasteiger charge is 2.25. The van der Waals surface area contributed by atoms with E-state index in [1.807, 2.05) is 35.7 Å². The van der Waals surface area contributed by atoms with Crippen LogP contribution in [0.5, 0.6) is 0 Å². The van der Waals surface area contributed by atoms with E-state index in [0.29, 0.717) is 19.1 Å². The van der Waals surface area contributed by atoms with Gasteiger partial charge in [-0.25, -0.2) is 4.98 Å². The van der Waals surface area contributed by atoms with Gasteiger partial charge in [0, 0.05) is 30.1 Å². The number of amides is 1. The van der Waals surface area contributed by atoms with Gasteiger partial charge in [0.1, 0.15) is 5.01 Å². The number of likely N-dealkylation sites (tertiary alicyclic amines) is 1. The third kappa shape index (κ3) is 4.41. The summed E-state index contributed by atoms with van der Waals surface area (Å²) in [5, 5.41) is 5.97. The van der Waals surface area contributed by atoms with Crippen molar-refractivity contribution in [3.63, 3.8) is 0 Å². The number of likely N-dealkylation sites (N-methyl/N-ethyl adjacent to an activating group) is 1. The third-order valence-electron chi connectivity index (χ3n) is 4.40. The number of carbonyl (C=O) groups excluding carboxylic acids is 1. The van der Waals surface area contributed by atoms with Crippen molar-refractivity contribution in [2.24, 2.45) is 0 Å². The molecule has 2 heterocycles. The van der Waals surface area contributed by atoms with E-state index in [-0.39, 0.29) is 5.91 Å². The molecule has 1 aliphatic heterocycles. The molecule has 3 rings (SSSR count). The fourth-order valence-electron chi connectivity index (χ4n) is 2.94. The number of benzene rings is 1. The summed E-state index contributed by atoms with van der Waals surface area (Å²) in [5.74, 6) is 0.0749. The summed E-state index contributed by atoms with van der Waals surface area (Å²) in [7, 11) is 4.20. The van der Waals surface area contributed by atoms with Gasteiger partial charge in [0.25, 0.3) is 0 Å². The number of hydrogen-bond donors (Lipinski definition) is 1. The molecular formula is C18H24N4OS. The van der Waals surface area contributed by atoms with Crippen molar-refractivity contribution in [3.8, 4) is 11.3 Å². The monoisotopic (exact) mass is 344 g/mol. The summed E-state index contributed by atoms with van der Waals surface area (Å²) in [6.07, 6.45) is 1.13.